The first kappa shape index (κ1) is 10.8. The summed E-state index contributed by atoms with van der Waals surface area (Å²) in [5.41, 5.74) is 0.427. The summed E-state index contributed by atoms with van der Waals surface area (Å²) in [6.07, 6.45) is 1.26. The first-order valence-electron chi connectivity index (χ1n) is 5.23. The largest absolute Gasteiger partial charge is 0.331 e. The molecule has 0 atom stereocenters. The van der Waals surface area contributed by atoms with Gasteiger partial charge in [0, 0.05) is 18.5 Å². The van der Waals surface area contributed by atoms with Crippen LogP contribution in [0.2, 0.25) is 0 Å². The van der Waals surface area contributed by atoms with Crippen LogP contribution in [0.3, 0.4) is 0 Å². The van der Waals surface area contributed by atoms with Gasteiger partial charge in [0.1, 0.15) is 5.82 Å². The van der Waals surface area contributed by atoms with Gasteiger partial charge in [-0.1, -0.05) is 0 Å². The summed E-state index contributed by atoms with van der Waals surface area (Å²) in [7, 11) is 0. The van der Waals surface area contributed by atoms with E-state index < -0.39 is 0 Å². The van der Waals surface area contributed by atoms with Crippen molar-refractivity contribution < 1.29 is 14.0 Å². The van der Waals surface area contributed by atoms with Crippen molar-refractivity contribution in [1.82, 2.24) is 4.90 Å². The zero-order valence-electron chi connectivity index (χ0n) is 8.78. The van der Waals surface area contributed by atoms with Gasteiger partial charge in [-0.15, -0.1) is 0 Å². The van der Waals surface area contributed by atoms with E-state index in [2.05, 4.69) is 0 Å². The molecule has 1 fully saturated rings. The Bertz CT molecular complexity index is 414. The molecule has 1 amide bonds. The van der Waals surface area contributed by atoms with Crippen molar-refractivity contribution in [3.8, 4) is 0 Å². The van der Waals surface area contributed by atoms with Crippen molar-refractivity contribution in [2.75, 3.05) is 13.1 Å². The molecule has 1 aliphatic rings. The number of rotatable bonds is 1. The molecule has 0 radical (unpaired) electrons. The second-order valence-electron chi connectivity index (χ2n) is 3.88. The van der Waals surface area contributed by atoms with E-state index in [9.17, 15) is 14.0 Å². The smallest absolute Gasteiger partial charge is 0.254 e. The zero-order valence-corrected chi connectivity index (χ0v) is 8.78. The fraction of sp³-hybridized carbons (Fsp3) is 0.333. The molecule has 0 N–H and O–H groups in total. The van der Waals surface area contributed by atoms with Gasteiger partial charge in [0.2, 0.25) is 0 Å². The maximum atomic E-state index is 12.7. The van der Waals surface area contributed by atoms with Crippen LogP contribution in [0.1, 0.15) is 23.2 Å². The SMILES string of the molecule is O=C1CCCN(C(=O)c2ccc(F)cc2)C1. The van der Waals surface area contributed by atoms with Gasteiger partial charge in [-0.05, 0) is 30.7 Å². The molecule has 0 unspecified atom stereocenters. The predicted molar refractivity (Wildman–Crippen MR) is 56.5 cm³/mol. The number of amides is 1. The third kappa shape index (κ3) is 2.27. The van der Waals surface area contributed by atoms with E-state index in [-0.39, 0.29) is 24.1 Å². The molecule has 1 aromatic rings. The highest BCUT2D eigenvalue weighted by Crippen LogP contribution is 2.11. The van der Waals surface area contributed by atoms with Crippen LogP contribution in [-0.2, 0) is 4.79 Å². The number of likely N-dealkylation sites (tertiary alicyclic amines) is 1. The van der Waals surface area contributed by atoms with E-state index in [1.807, 2.05) is 0 Å². The zero-order chi connectivity index (χ0) is 11.5. The Morgan fingerprint density at radius 1 is 1.25 bits per heavy atom. The highest BCUT2D eigenvalue weighted by atomic mass is 19.1. The van der Waals surface area contributed by atoms with Gasteiger partial charge >= 0.3 is 0 Å². The Morgan fingerprint density at radius 2 is 1.94 bits per heavy atom. The number of hydrogen-bond donors (Lipinski definition) is 0. The summed E-state index contributed by atoms with van der Waals surface area (Å²) in [4.78, 5) is 24.6. The number of piperidine rings is 1. The first-order chi connectivity index (χ1) is 7.66. The van der Waals surface area contributed by atoms with Gasteiger partial charge in [-0.2, -0.15) is 0 Å². The van der Waals surface area contributed by atoms with E-state index >= 15 is 0 Å². The van der Waals surface area contributed by atoms with Gasteiger partial charge < -0.3 is 4.90 Å². The van der Waals surface area contributed by atoms with Crippen LogP contribution in [-0.4, -0.2) is 29.7 Å². The minimum atomic E-state index is -0.369. The Morgan fingerprint density at radius 3 is 2.56 bits per heavy atom. The monoisotopic (exact) mass is 221 g/mol. The van der Waals surface area contributed by atoms with Crippen molar-refractivity contribution in [3.05, 3.63) is 35.6 Å². The van der Waals surface area contributed by atoms with Crippen molar-refractivity contribution in [2.45, 2.75) is 12.8 Å². The molecular weight excluding hydrogens is 209 g/mol. The number of ketones is 1. The minimum absolute atomic E-state index is 0.0849. The van der Waals surface area contributed by atoms with Crippen LogP contribution in [0, 0.1) is 5.82 Å². The molecule has 3 nitrogen and oxygen atoms in total. The first-order valence-corrected chi connectivity index (χ1v) is 5.23. The van der Waals surface area contributed by atoms with Crippen molar-refractivity contribution in [2.24, 2.45) is 0 Å². The number of halogens is 1. The summed E-state index contributed by atoms with van der Waals surface area (Å²) >= 11 is 0. The summed E-state index contributed by atoms with van der Waals surface area (Å²) in [5.74, 6) is -0.485. The molecule has 84 valence electrons. The topological polar surface area (TPSA) is 37.4 Å². The fourth-order valence-electron chi connectivity index (χ4n) is 1.79. The number of benzene rings is 1. The van der Waals surface area contributed by atoms with Crippen LogP contribution >= 0.6 is 0 Å². The van der Waals surface area contributed by atoms with Crippen LogP contribution in [0.25, 0.3) is 0 Å². The van der Waals surface area contributed by atoms with E-state index in [0.717, 1.165) is 0 Å². The van der Waals surface area contributed by atoms with E-state index in [4.69, 9.17) is 0 Å². The maximum Gasteiger partial charge on any atom is 0.254 e. The average Bonchev–Trinajstić information content (AvgIpc) is 2.29. The van der Waals surface area contributed by atoms with Gasteiger partial charge in [-0.25, -0.2) is 4.39 Å². The number of carbonyl (C=O) groups is 2. The predicted octanol–water partition coefficient (Wildman–Crippen LogP) is 1.63. The second-order valence-corrected chi connectivity index (χ2v) is 3.88. The molecule has 0 aliphatic carbocycles. The molecule has 4 heteroatoms. The van der Waals surface area contributed by atoms with E-state index in [0.29, 0.717) is 24.9 Å². The maximum absolute atomic E-state index is 12.7. The van der Waals surface area contributed by atoms with Crippen molar-refractivity contribution in [3.63, 3.8) is 0 Å². The van der Waals surface area contributed by atoms with Crippen LogP contribution < -0.4 is 0 Å². The number of hydrogen-bond acceptors (Lipinski definition) is 2. The molecule has 1 heterocycles. The molecule has 0 aromatic heterocycles. The van der Waals surface area contributed by atoms with Crippen molar-refractivity contribution in [1.29, 1.82) is 0 Å². The van der Waals surface area contributed by atoms with Gasteiger partial charge in [0.15, 0.2) is 5.78 Å². The lowest BCUT2D eigenvalue weighted by Gasteiger charge is -2.25. The molecule has 1 aromatic carbocycles. The molecule has 0 spiro atoms. The number of nitrogens with zero attached hydrogens (tertiary/aromatic N) is 1. The normalized spacial score (nSPS) is 16.3. The molecule has 1 aliphatic heterocycles. The lowest BCUT2D eigenvalue weighted by atomic mass is 10.1. The minimum Gasteiger partial charge on any atom is -0.331 e. The van der Waals surface area contributed by atoms with Crippen LogP contribution in [0.4, 0.5) is 4.39 Å². The quantitative estimate of drug-likeness (QED) is 0.722. The second kappa shape index (κ2) is 4.43. The summed E-state index contributed by atoms with van der Waals surface area (Å²) in [6.45, 7) is 0.776. The highest BCUT2D eigenvalue weighted by Gasteiger charge is 2.22. The van der Waals surface area contributed by atoms with Gasteiger partial charge in [0.25, 0.3) is 5.91 Å². The Labute approximate surface area is 92.9 Å². The fourth-order valence-corrected chi connectivity index (χ4v) is 1.79. The number of carbonyl (C=O) groups excluding carboxylic acids is 2. The highest BCUT2D eigenvalue weighted by molar-refractivity contribution is 5.97. The van der Waals surface area contributed by atoms with Crippen molar-refractivity contribution >= 4 is 11.7 Å². The van der Waals surface area contributed by atoms with Crippen LogP contribution in [0.5, 0.6) is 0 Å². The molecular formula is C12H12FNO2. The Balaban J connectivity index is 2.12. The lowest BCUT2D eigenvalue weighted by Crippen LogP contribution is -2.40. The molecule has 0 saturated carbocycles. The molecule has 1 saturated heterocycles. The summed E-state index contributed by atoms with van der Waals surface area (Å²) in [5, 5.41) is 0. The summed E-state index contributed by atoms with van der Waals surface area (Å²) < 4.78 is 12.7. The Kier molecular flexibility index (Phi) is 2.99. The third-order valence-corrected chi connectivity index (χ3v) is 2.63. The van der Waals surface area contributed by atoms with E-state index in [1.54, 1.807) is 0 Å². The van der Waals surface area contributed by atoms with Crippen LogP contribution in [0.15, 0.2) is 24.3 Å². The lowest BCUT2D eigenvalue weighted by molar-refractivity contribution is -0.121. The molecule has 16 heavy (non-hydrogen) atoms. The molecule has 2 rings (SSSR count). The standard InChI is InChI=1S/C12H12FNO2/c13-10-5-3-9(4-6-10)12(16)14-7-1-2-11(15)8-14/h3-6H,1-2,7-8H2. The Hall–Kier alpha value is -1.71. The summed E-state index contributed by atoms with van der Waals surface area (Å²) in [6, 6.07) is 5.38. The van der Waals surface area contributed by atoms with E-state index in [1.165, 1.54) is 29.2 Å². The third-order valence-electron chi connectivity index (χ3n) is 2.63. The average molecular weight is 221 g/mol. The number of Topliss-reactive ketones (excluding diaryl/α,β-unsaturated/α-hetero) is 1. The molecule has 0 bridgehead atoms. The van der Waals surface area contributed by atoms with Gasteiger partial charge in [-0.3, -0.25) is 9.59 Å². The van der Waals surface area contributed by atoms with Gasteiger partial charge in [0.05, 0.1) is 6.54 Å².